The molecule has 3 aromatic rings. The van der Waals surface area contributed by atoms with Crippen molar-refractivity contribution in [3.05, 3.63) is 41.7 Å². The van der Waals surface area contributed by atoms with Crippen molar-refractivity contribution in [1.82, 2.24) is 14.6 Å². The fraction of sp³-hybridized carbons (Fsp3) is 0.478. The van der Waals surface area contributed by atoms with Gasteiger partial charge in [-0.15, -0.1) is 5.10 Å². The van der Waals surface area contributed by atoms with Gasteiger partial charge in [-0.3, -0.25) is 0 Å². The second-order valence-corrected chi connectivity index (χ2v) is 8.76. The molecule has 0 amide bonds. The molecule has 0 unspecified atom stereocenters. The Bertz CT molecular complexity index is 1100. The van der Waals surface area contributed by atoms with Crippen molar-refractivity contribution >= 4 is 17.2 Å². The van der Waals surface area contributed by atoms with E-state index in [0.717, 1.165) is 59.6 Å². The number of aromatic nitrogens is 3. The molecule has 1 saturated heterocycles. The molecule has 1 aliphatic heterocycles. The van der Waals surface area contributed by atoms with Crippen molar-refractivity contribution in [3.63, 3.8) is 0 Å². The molecule has 2 aromatic heterocycles. The van der Waals surface area contributed by atoms with Gasteiger partial charge in [0.25, 0.3) is 0 Å². The minimum Gasteiger partial charge on any atom is -0.380 e. The minimum atomic E-state index is 0.436. The lowest BCUT2D eigenvalue weighted by atomic mass is 9.71. The number of nitrogens with one attached hydrogen (secondary N) is 1. The summed E-state index contributed by atoms with van der Waals surface area (Å²) in [5.74, 6) is 0.711. The average molecular weight is 405 g/mol. The van der Waals surface area contributed by atoms with Crippen LogP contribution in [0.2, 0.25) is 0 Å². The Kier molecular flexibility index (Phi) is 4.77. The molecule has 1 aromatic carbocycles. The summed E-state index contributed by atoms with van der Waals surface area (Å²) < 4.78 is 7.38. The lowest BCUT2D eigenvalue weighted by Crippen LogP contribution is -2.47. The summed E-state index contributed by atoms with van der Waals surface area (Å²) in [7, 11) is 1.69. The molecule has 5 rings (SSSR count). The Morgan fingerprint density at radius 1 is 1.17 bits per heavy atom. The Balaban J connectivity index is 1.39. The summed E-state index contributed by atoms with van der Waals surface area (Å²) in [6.07, 6.45) is 6.78. The van der Waals surface area contributed by atoms with Gasteiger partial charge >= 0.3 is 0 Å². The first-order chi connectivity index (χ1) is 14.6. The molecule has 1 aliphatic carbocycles. The van der Waals surface area contributed by atoms with Gasteiger partial charge in [-0.1, -0.05) is 6.07 Å². The number of benzene rings is 1. The number of hydrogen-bond acceptors (Lipinski definition) is 6. The van der Waals surface area contributed by atoms with Gasteiger partial charge in [0, 0.05) is 30.3 Å². The van der Waals surface area contributed by atoms with E-state index in [-0.39, 0.29) is 0 Å². The van der Waals surface area contributed by atoms with Crippen LogP contribution in [0.25, 0.3) is 16.6 Å². The van der Waals surface area contributed by atoms with Crippen LogP contribution >= 0.6 is 0 Å². The maximum absolute atomic E-state index is 5.44. The molecule has 1 saturated carbocycles. The van der Waals surface area contributed by atoms with Gasteiger partial charge in [0.1, 0.15) is 0 Å². The predicted molar refractivity (Wildman–Crippen MR) is 117 cm³/mol. The van der Waals surface area contributed by atoms with Crippen LogP contribution in [0.3, 0.4) is 0 Å². The molecule has 2 aliphatic rings. The molecular formula is C23H28N6O. The average Bonchev–Trinajstić information content (AvgIpc) is 3.14. The molecule has 1 spiro atoms. The molecule has 2 fully saturated rings. The number of rotatable bonds is 4. The van der Waals surface area contributed by atoms with Crippen molar-refractivity contribution in [2.24, 2.45) is 15.6 Å². The number of aryl methyl sites for hydroxylation is 2. The van der Waals surface area contributed by atoms with E-state index in [9.17, 15) is 0 Å². The highest BCUT2D eigenvalue weighted by molar-refractivity contribution is 5.83. The highest BCUT2D eigenvalue weighted by Crippen LogP contribution is 2.42. The predicted octanol–water partition coefficient (Wildman–Crippen LogP) is 5.10. The normalized spacial score (nSPS) is 18.9. The summed E-state index contributed by atoms with van der Waals surface area (Å²) in [4.78, 5) is 4.79. The lowest BCUT2D eigenvalue weighted by Gasteiger charge is -2.46. The highest BCUT2D eigenvalue weighted by Gasteiger charge is 2.41. The Morgan fingerprint density at radius 3 is 2.63 bits per heavy atom. The number of hydrogen-bond donors (Lipinski definition) is 1. The first kappa shape index (κ1) is 19.2. The second-order valence-electron chi connectivity index (χ2n) is 8.76. The Labute approximate surface area is 176 Å². The van der Waals surface area contributed by atoms with E-state index in [0.29, 0.717) is 17.4 Å². The monoisotopic (exact) mass is 404 g/mol. The van der Waals surface area contributed by atoms with Crippen molar-refractivity contribution in [1.29, 1.82) is 0 Å². The van der Waals surface area contributed by atoms with Crippen LogP contribution in [0.1, 0.15) is 36.9 Å². The van der Waals surface area contributed by atoms with Gasteiger partial charge in [-0.05, 0) is 68.9 Å². The Hall–Kier alpha value is -2.80. The maximum atomic E-state index is 5.44. The van der Waals surface area contributed by atoms with Crippen molar-refractivity contribution in [2.45, 2.75) is 45.6 Å². The molecule has 7 nitrogen and oxygen atoms in total. The van der Waals surface area contributed by atoms with Crippen LogP contribution < -0.4 is 5.32 Å². The van der Waals surface area contributed by atoms with Gasteiger partial charge in [0.05, 0.1) is 30.1 Å². The van der Waals surface area contributed by atoms with Crippen molar-refractivity contribution in [3.8, 4) is 11.1 Å². The zero-order valence-electron chi connectivity index (χ0n) is 17.9. The van der Waals surface area contributed by atoms with Crippen LogP contribution in [-0.4, -0.2) is 40.9 Å². The number of anilines is 1. The summed E-state index contributed by atoms with van der Waals surface area (Å²) >= 11 is 0. The Morgan fingerprint density at radius 2 is 1.97 bits per heavy atom. The van der Waals surface area contributed by atoms with Crippen LogP contribution in [0, 0.1) is 19.3 Å². The molecule has 0 radical (unpaired) electrons. The number of nitrogens with zero attached hydrogens (tertiary/aromatic N) is 5. The third kappa shape index (κ3) is 3.37. The van der Waals surface area contributed by atoms with E-state index in [4.69, 9.17) is 14.8 Å². The molecule has 30 heavy (non-hydrogen) atoms. The molecule has 0 bridgehead atoms. The third-order valence-corrected chi connectivity index (χ3v) is 6.60. The first-order valence-corrected chi connectivity index (χ1v) is 10.7. The van der Waals surface area contributed by atoms with Gasteiger partial charge in [0.2, 0.25) is 5.95 Å². The molecule has 156 valence electrons. The number of fused-ring (bicyclic) bond motifs is 1. The number of ether oxygens (including phenoxy) is 1. The van der Waals surface area contributed by atoms with Crippen LogP contribution in [0.15, 0.2) is 40.7 Å². The summed E-state index contributed by atoms with van der Waals surface area (Å²) in [5.41, 5.74) is 6.74. The summed E-state index contributed by atoms with van der Waals surface area (Å²) in [5, 5.41) is 16.4. The lowest BCUT2D eigenvalue weighted by molar-refractivity contribution is -0.131. The zero-order chi connectivity index (χ0) is 20.7. The zero-order valence-corrected chi connectivity index (χ0v) is 17.9. The largest absolute Gasteiger partial charge is 0.380 e. The second kappa shape index (κ2) is 7.47. The SMILES string of the molecule is CN=Nc1ccc(-c2ccn3nc(NC4CCC5(CC4)COC5)nc(C)c23)cc1C. The molecule has 3 heterocycles. The van der Waals surface area contributed by atoms with Crippen LogP contribution in [0.4, 0.5) is 11.6 Å². The van der Waals surface area contributed by atoms with Crippen molar-refractivity contribution in [2.75, 3.05) is 25.6 Å². The molecule has 1 N–H and O–H groups in total. The standard InChI is InChI=1S/C23H28N6O/c1-15-12-17(4-5-20(15)27-24-3)19-8-11-29-21(19)16(2)25-22(28-29)26-18-6-9-23(10-7-18)13-30-14-23/h4-5,8,11-12,18H,6-7,9-10,13-14H2,1-3H3,(H,26,28). The van der Waals surface area contributed by atoms with Gasteiger partial charge in [-0.25, -0.2) is 9.50 Å². The number of azo groups is 1. The fourth-order valence-corrected chi connectivity index (χ4v) is 4.78. The van der Waals surface area contributed by atoms with E-state index in [1.54, 1.807) is 7.05 Å². The first-order valence-electron chi connectivity index (χ1n) is 10.7. The van der Waals surface area contributed by atoms with Crippen LogP contribution in [0.5, 0.6) is 0 Å². The van der Waals surface area contributed by atoms with E-state index < -0.39 is 0 Å². The van der Waals surface area contributed by atoms with E-state index in [2.05, 4.69) is 47.6 Å². The fourth-order valence-electron chi connectivity index (χ4n) is 4.78. The van der Waals surface area contributed by atoms with Gasteiger partial charge < -0.3 is 10.1 Å². The molecular weight excluding hydrogens is 376 g/mol. The minimum absolute atomic E-state index is 0.436. The highest BCUT2D eigenvalue weighted by atomic mass is 16.5. The third-order valence-electron chi connectivity index (χ3n) is 6.60. The van der Waals surface area contributed by atoms with E-state index in [1.807, 2.05) is 16.8 Å². The van der Waals surface area contributed by atoms with Gasteiger partial charge in [-0.2, -0.15) is 10.2 Å². The summed E-state index contributed by atoms with van der Waals surface area (Å²) in [6.45, 7) is 5.99. The van der Waals surface area contributed by atoms with E-state index in [1.165, 1.54) is 12.8 Å². The quantitative estimate of drug-likeness (QED) is 0.614. The summed E-state index contributed by atoms with van der Waals surface area (Å²) in [6, 6.07) is 8.78. The van der Waals surface area contributed by atoms with E-state index >= 15 is 0 Å². The van der Waals surface area contributed by atoms with Crippen LogP contribution in [-0.2, 0) is 4.74 Å². The maximum Gasteiger partial charge on any atom is 0.241 e. The topological polar surface area (TPSA) is 76.2 Å². The molecule has 0 atom stereocenters. The van der Waals surface area contributed by atoms with Crippen molar-refractivity contribution < 1.29 is 4.74 Å². The van der Waals surface area contributed by atoms with Gasteiger partial charge in [0.15, 0.2) is 0 Å². The smallest absolute Gasteiger partial charge is 0.241 e. The molecule has 7 heteroatoms.